The molecule has 2 aromatic heterocycles. The standard InChI is InChI=1S/C31H50N7O19P3S/c1-31(2,26(44)29(45)34-12-11-20(39)33-13-14-61-22(42)10-8-6-4-3-5-7-9-21(40)41)16-54-60(51,52)57-59(49,50)53-15-19-25(56-58(46,47)48)24(43)30(55-19)38-18-37-23-27(32)35-17-36-28(23)38/h4,6,17-19,24-26,30,43-44H,3,5,7-16H2,1-2H3,(H,33,39)(H,34,45)(H,40,41)(H,49,50)(H,51,52)(H2,32,35,36)(H2,46,47,48)/b6-4+. The summed E-state index contributed by atoms with van der Waals surface area (Å²) in [5.41, 5.74) is 4.23. The number of nitrogen functional groups attached to an aromatic ring is 1. The lowest BCUT2D eigenvalue weighted by atomic mass is 9.87. The number of carbonyl (C=O) groups excluding carboxylic acids is 3. The third kappa shape index (κ3) is 17.8. The third-order valence-electron chi connectivity index (χ3n) is 8.46. The first-order valence-electron chi connectivity index (χ1n) is 18.3. The van der Waals surface area contributed by atoms with E-state index in [1.54, 1.807) is 0 Å². The number of carbonyl (C=O) groups is 4. The molecule has 0 bridgehead atoms. The van der Waals surface area contributed by atoms with Gasteiger partial charge in [-0.3, -0.25) is 37.3 Å². The molecule has 1 fully saturated rings. The number of aromatic nitrogens is 4. The van der Waals surface area contributed by atoms with Gasteiger partial charge in [-0.15, -0.1) is 0 Å². The molecule has 1 saturated heterocycles. The molecule has 344 valence electrons. The van der Waals surface area contributed by atoms with E-state index >= 15 is 0 Å². The first-order valence-corrected chi connectivity index (χ1v) is 23.8. The number of nitrogens with two attached hydrogens (primary N) is 1. The number of carboxylic acid groups (broad SMARTS) is 1. The van der Waals surface area contributed by atoms with Crippen LogP contribution in [0.3, 0.4) is 0 Å². The quantitative estimate of drug-likeness (QED) is 0.0334. The van der Waals surface area contributed by atoms with Crippen molar-refractivity contribution in [3.05, 3.63) is 24.8 Å². The van der Waals surface area contributed by atoms with Crippen molar-refractivity contribution in [1.82, 2.24) is 30.2 Å². The number of fused-ring (bicyclic) bond motifs is 1. The van der Waals surface area contributed by atoms with E-state index < -0.39 is 90.5 Å². The average Bonchev–Trinajstić information content (AvgIpc) is 3.72. The van der Waals surface area contributed by atoms with Gasteiger partial charge < -0.3 is 56.0 Å². The predicted molar refractivity (Wildman–Crippen MR) is 212 cm³/mol. The number of unbranched alkanes of at least 4 members (excludes halogenated alkanes) is 2. The van der Waals surface area contributed by atoms with Crippen LogP contribution >= 0.6 is 35.2 Å². The third-order valence-corrected chi connectivity index (χ3v) is 12.5. The number of carboxylic acids is 1. The Morgan fingerprint density at radius 3 is 2.36 bits per heavy atom. The number of aliphatic hydroxyl groups excluding tert-OH is 2. The molecular weight excluding hydrogens is 899 g/mol. The summed E-state index contributed by atoms with van der Waals surface area (Å²) in [5, 5.41) is 34.9. The molecule has 7 atom stereocenters. The van der Waals surface area contributed by atoms with Gasteiger partial charge in [-0.1, -0.05) is 37.8 Å². The predicted octanol–water partition coefficient (Wildman–Crippen LogP) is 0.646. The molecule has 0 aromatic carbocycles. The van der Waals surface area contributed by atoms with Crippen LogP contribution in [0.2, 0.25) is 0 Å². The Morgan fingerprint density at radius 2 is 1.67 bits per heavy atom. The Bertz CT molecular complexity index is 2000. The molecule has 0 saturated carbocycles. The second kappa shape index (κ2) is 23.5. The normalized spacial score (nSPS) is 20.9. The summed E-state index contributed by atoms with van der Waals surface area (Å²) in [6.07, 6.45) is -0.233. The SMILES string of the molecule is CC(C)(COP(=O)(O)OP(=O)(O)OCC1OC(n2cnc3c(N)ncnc32)C(O)C1OP(=O)(O)O)C(O)C(=O)NCCC(=O)NCCSC(=O)CC/C=C/CCCCC(=O)O. The van der Waals surface area contributed by atoms with E-state index in [0.717, 1.165) is 41.8 Å². The number of thioether (sulfide) groups is 1. The Balaban J connectivity index is 1.40. The van der Waals surface area contributed by atoms with E-state index in [2.05, 4.69) is 34.4 Å². The number of phosphoric acid groups is 3. The highest BCUT2D eigenvalue weighted by Gasteiger charge is 2.50. The molecule has 0 aliphatic carbocycles. The van der Waals surface area contributed by atoms with Crippen molar-refractivity contribution in [3.63, 3.8) is 0 Å². The minimum Gasteiger partial charge on any atom is -0.481 e. The average molecular weight is 950 g/mol. The van der Waals surface area contributed by atoms with Crippen LogP contribution in [0, 0.1) is 5.41 Å². The topological polar surface area (TPSA) is 401 Å². The van der Waals surface area contributed by atoms with E-state index in [1.165, 1.54) is 13.8 Å². The molecule has 3 heterocycles. The summed E-state index contributed by atoms with van der Waals surface area (Å²) >= 11 is 1.05. The van der Waals surface area contributed by atoms with Crippen molar-refractivity contribution in [1.29, 1.82) is 0 Å². The minimum atomic E-state index is -5.59. The largest absolute Gasteiger partial charge is 0.481 e. The molecule has 7 unspecified atom stereocenters. The van der Waals surface area contributed by atoms with Crippen LogP contribution in [0.5, 0.6) is 0 Å². The molecule has 0 radical (unpaired) electrons. The van der Waals surface area contributed by atoms with Gasteiger partial charge in [-0.25, -0.2) is 28.6 Å². The van der Waals surface area contributed by atoms with Gasteiger partial charge in [0.25, 0.3) is 0 Å². The molecule has 26 nitrogen and oxygen atoms in total. The molecule has 2 amide bonds. The monoisotopic (exact) mass is 949 g/mol. The van der Waals surface area contributed by atoms with Crippen molar-refractivity contribution in [2.75, 3.05) is 37.8 Å². The highest BCUT2D eigenvalue weighted by molar-refractivity contribution is 8.13. The summed E-state index contributed by atoms with van der Waals surface area (Å²) in [6.45, 7) is 0.389. The summed E-state index contributed by atoms with van der Waals surface area (Å²) in [4.78, 5) is 98.3. The maximum Gasteiger partial charge on any atom is 0.481 e. The van der Waals surface area contributed by atoms with Crippen LogP contribution in [0.15, 0.2) is 24.8 Å². The molecule has 30 heteroatoms. The fourth-order valence-corrected chi connectivity index (χ4v) is 8.87. The van der Waals surface area contributed by atoms with Gasteiger partial charge in [0.2, 0.25) is 11.8 Å². The molecule has 0 spiro atoms. The zero-order chi connectivity index (χ0) is 45.6. The first kappa shape index (κ1) is 52.1. The summed E-state index contributed by atoms with van der Waals surface area (Å²) in [5.74, 6) is -2.03. The number of ether oxygens (including phenoxy) is 1. The zero-order valence-corrected chi connectivity index (χ0v) is 36.3. The molecule has 11 N–H and O–H groups in total. The van der Waals surface area contributed by atoms with Gasteiger partial charge in [-0.05, 0) is 25.7 Å². The van der Waals surface area contributed by atoms with Crippen LogP contribution in [0.1, 0.15) is 65.0 Å². The lowest BCUT2D eigenvalue weighted by Crippen LogP contribution is -2.46. The van der Waals surface area contributed by atoms with Crippen molar-refractivity contribution >= 4 is 75.1 Å². The molecular formula is C31H50N7O19P3S. The molecule has 1 aliphatic heterocycles. The molecule has 61 heavy (non-hydrogen) atoms. The Kier molecular flexibility index (Phi) is 20.0. The number of hydrogen-bond acceptors (Lipinski definition) is 19. The van der Waals surface area contributed by atoms with E-state index in [0.29, 0.717) is 25.0 Å². The summed E-state index contributed by atoms with van der Waals surface area (Å²) in [7, 11) is -16.4. The molecule has 2 aromatic rings. The van der Waals surface area contributed by atoms with E-state index in [9.17, 15) is 62.7 Å². The number of phosphoric ester groups is 3. The number of anilines is 1. The van der Waals surface area contributed by atoms with Crippen LogP contribution in [0.4, 0.5) is 5.82 Å². The fraction of sp³-hybridized carbons (Fsp3) is 0.645. The number of nitrogens with one attached hydrogen (secondary N) is 2. The Morgan fingerprint density at radius 1 is 0.984 bits per heavy atom. The van der Waals surface area contributed by atoms with Gasteiger partial charge in [-0.2, -0.15) is 4.31 Å². The lowest BCUT2D eigenvalue weighted by molar-refractivity contribution is -0.137. The second-order valence-electron chi connectivity index (χ2n) is 13.9. The highest BCUT2D eigenvalue weighted by Crippen LogP contribution is 2.61. The fourth-order valence-electron chi connectivity index (χ4n) is 5.34. The molecule has 1 aliphatic rings. The minimum absolute atomic E-state index is 0.0235. The number of hydrogen-bond donors (Lipinski definition) is 10. The van der Waals surface area contributed by atoms with Gasteiger partial charge in [0, 0.05) is 43.5 Å². The van der Waals surface area contributed by atoms with E-state index in [4.69, 9.17) is 24.6 Å². The van der Waals surface area contributed by atoms with Crippen molar-refractivity contribution in [2.24, 2.45) is 5.41 Å². The number of aliphatic carboxylic acids is 1. The number of nitrogens with zero attached hydrogens (tertiary/aromatic N) is 4. The smallest absolute Gasteiger partial charge is 0.481 e. The van der Waals surface area contributed by atoms with Crippen molar-refractivity contribution in [2.45, 2.75) is 89.4 Å². The maximum absolute atomic E-state index is 12.7. The lowest BCUT2D eigenvalue weighted by Gasteiger charge is -2.30. The second-order valence-corrected chi connectivity index (χ2v) is 19.3. The summed E-state index contributed by atoms with van der Waals surface area (Å²) < 4.78 is 62.2. The number of imidazole rings is 1. The summed E-state index contributed by atoms with van der Waals surface area (Å²) in [6, 6.07) is 0. The van der Waals surface area contributed by atoms with Crippen LogP contribution < -0.4 is 16.4 Å². The number of allylic oxidation sites excluding steroid dienone is 2. The number of aliphatic hydroxyl groups is 2. The van der Waals surface area contributed by atoms with Crippen molar-refractivity contribution < 1.29 is 90.4 Å². The highest BCUT2D eigenvalue weighted by atomic mass is 32.2. The van der Waals surface area contributed by atoms with Crippen molar-refractivity contribution in [3.8, 4) is 0 Å². The zero-order valence-electron chi connectivity index (χ0n) is 32.8. The number of amides is 2. The van der Waals surface area contributed by atoms with Crippen LogP contribution in [-0.2, 0) is 55.5 Å². The first-order chi connectivity index (χ1) is 28.4. The van der Waals surface area contributed by atoms with Gasteiger partial charge in [0.15, 0.2) is 22.8 Å². The molecule has 3 rings (SSSR count). The van der Waals surface area contributed by atoms with Gasteiger partial charge >= 0.3 is 29.4 Å². The van der Waals surface area contributed by atoms with Crippen LogP contribution in [-0.4, -0.2) is 134 Å². The van der Waals surface area contributed by atoms with E-state index in [-0.39, 0.29) is 48.0 Å². The Labute approximate surface area is 352 Å². The van der Waals surface area contributed by atoms with E-state index in [1.807, 2.05) is 12.2 Å². The van der Waals surface area contributed by atoms with Gasteiger partial charge in [0.1, 0.15) is 36.3 Å². The Hall–Kier alpha value is -3.23. The van der Waals surface area contributed by atoms with Crippen LogP contribution in [0.25, 0.3) is 11.2 Å². The maximum atomic E-state index is 12.7. The number of rotatable bonds is 27. The van der Waals surface area contributed by atoms with Gasteiger partial charge in [0.05, 0.1) is 19.5 Å².